The Labute approximate surface area is 91.7 Å². The first kappa shape index (κ1) is 10.6. The van der Waals surface area contributed by atoms with E-state index in [1.807, 2.05) is 0 Å². The van der Waals surface area contributed by atoms with Gasteiger partial charge < -0.3 is 10.0 Å². The molecule has 1 saturated carbocycles. The average molecular weight is 232 g/mol. The van der Waals surface area contributed by atoms with E-state index in [1.54, 1.807) is 4.90 Å². The molecule has 0 bridgehead atoms. The van der Waals surface area contributed by atoms with Gasteiger partial charge in [-0.3, -0.25) is 0 Å². The van der Waals surface area contributed by atoms with E-state index < -0.39 is 5.82 Å². The highest BCUT2D eigenvalue weighted by molar-refractivity contribution is 6.28. The molecule has 0 unspecified atom stereocenters. The van der Waals surface area contributed by atoms with E-state index in [0.29, 0.717) is 6.54 Å². The third-order valence-electron chi connectivity index (χ3n) is 2.30. The van der Waals surface area contributed by atoms with Crippen molar-refractivity contribution in [2.45, 2.75) is 18.9 Å². The van der Waals surface area contributed by atoms with Crippen molar-refractivity contribution >= 4 is 17.4 Å². The van der Waals surface area contributed by atoms with E-state index in [4.69, 9.17) is 16.7 Å². The summed E-state index contributed by atoms with van der Waals surface area (Å²) >= 11 is 5.61. The Hall–Kier alpha value is -0.940. The fourth-order valence-electron chi connectivity index (χ4n) is 1.49. The molecular formula is C9H11ClFN3O. The fraction of sp³-hybridized carbons (Fsp3) is 0.556. The van der Waals surface area contributed by atoms with Gasteiger partial charge in [0.25, 0.3) is 0 Å². The second-order valence-corrected chi connectivity index (χ2v) is 3.80. The van der Waals surface area contributed by atoms with Crippen LogP contribution in [0.4, 0.5) is 10.2 Å². The maximum Gasteiger partial charge on any atom is 0.224 e. The van der Waals surface area contributed by atoms with Crippen molar-refractivity contribution in [3.63, 3.8) is 0 Å². The smallest absolute Gasteiger partial charge is 0.224 e. The third-order valence-corrected chi connectivity index (χ3v) is 2.48. The van der Waals surface area contributed by atoms with Gasteiger partial charge in [0.15, 0.2) is 11.6 Å². The van der Waals surface area contributed by atoms with Crippen LogP contribution in [0.2, 0.25) is 5.28 Å². The van der Waals surface area contributed by atoms with Gasteiger partial charge in [0.1, 0.15) is 0 Å². The summed E-state index contributed by atoms with van der Waals surface area (Å²) in [7, 11) is 0. The molecule has 0 amide bonds. The van der Waals surface area contributed by atoms with Crippen molar-refractivity contribution in [3.8, 4) is 0 Å². The Morgan fingerprint density at radius 2 is 2.33 bits per heavy atom. The zero-order chi connectivity index (χ0) is 10.8. The second-order valence-electron chi connectivity index (χ2n) is 3.46. The lowest BCUT2D eigenvalue weighted by Crippen LogP contribution is -2.30. The highest BCUT2D eigenvalue weighted by Gasteiger charge is 2.31. The molecular weight excluding hydrogens is 221 g/mol. The lowest BCUT2D eigenvalue weighted by atomic mass is 10.4. The Morgan fingerprint density at radius 3 is 2.93 bits per heavy atom. The van der Waals surface area contributed by atoms with E-state index in [9.17, 15) is 4.39 Å². The summed E-state index contributed by atoms with van der Waals surface area (Å²) < 4.78 is 13.4. The molecule has 1 aromatic rings. The largest absolute Gasteiger partial charge is 0.395 e. The number of hydrogen-bond acceptors (Lipinski definition) is 4. The van der Waals surface area contributed by atoms with Crippen molar-refractivity contribution < 1.29 is 9.50 Å². The van der Waals surface area contributed by atoms with E-state index in [-0.39, 0.29) is 23.8 Å². The molecule has 1 heterocycles. The molecule has 0 saturated heterocycles. The Morgan fingerprint density at radius 1 is 1.60 bits per heavy atom. The number of aliphatic hydroxyl groups excluding tert-OH is 1. The van der Waals surface area contributed by atoms with Crippen molar-refractivity contribution in [3.05, 3.63) is 17.3 Å². The van der Waals surface area contributed by atoms with Gasteiger partial charge in [0.05, 0.1) is 12.8 Å². The summed E-state index contributed by atoms with van der Waals surface area (Å²) in [6.07, 6.45) is 3.06. The molecule has 0 spiro atoms. The van der Waals surface area contributed by atoms with Crippen LogP contribution in [0.25, 0.3) is 0 Å². The van der Waals surface area contributed by atoms with Gasteiger partial charge in [-0.1, -0.05) is 0 Å². The summed E-state index contributed by atoms with van der Waals surface area (Å²) in [6.45, 7) is 0.340. The standard InChI is InChI=1S/C9H11ClFN3O/c10-9-12-5-7(11)8(13-9)14(3-4-15)6-1-2-6/h5-6,15H,1-4H2. The Kier molecular flexibility index (Phi) is 3.02. The Balaban J connectivity index is 2.27. The van der Waals surface area contributed by atoms with Gasteiger partial charge in [0.2, 0.25) is 5.28 Å². The molecule has 2 rings (SSSR count). The molecule has 0 atom stereocenters. The van der Waals surface area contributed by atoms with Crippen LogP contribution >= 0.6 is 11.6 Å². The van der Waals surface area contributed by atoms with Crippen LogP contribution < -0.4 is 4.90 Å². The second kappa shape index (κ2) is 4.28. The van der Waals surface area contributed by atoms with Gasteiger partial charge in [-0.25, -0.2) is 9.37 Å². The van der Waals surface area contributed by atoms with Crippen molar-refractivity contribution in [1.29, 1.82) is 0 Å². The average Bonchev–Trinajstić information content (AvgIpc) is 3.02. The quantitative estimate of drug-likeness (QED) is 0.792. The molecule has 1 aliphatic carbocycles. The Bertz CT molecular complexity index is 359. The van der Waals surface area contributed by atoms with Gasteiger partial charge >= 0.3 is 0 Å². The molecule has 4 nitrogen and oxygen atoms in total. The summed E-state index contributed by atoms with van der Waals surface area (Å²) in [6, 6.07) is 0.276. The van der Waals surface area contributed by atoms with E-state index in [0.717, 1.165) is 19.0 Å². The van der Waals surface area contributed by atoms with Crippen LogP contribution in [0.5, 0.6) is 0 Å². The maximum absolute atomic E-state index is 13.4. The monoisotopic (exact) mass is 231 g/mol. The zero-order valence-corrected chi connectivity index (χ0v) is 8.78. The zero-order valence-electron chi connectivity index (χ0n) is 8.03. The first-order valence-electron chi connectivity index (χ1n) is 4.78. The lowest BCUT2D eigenvalue weighted by Gasteiger charge is -2.22. The number of nitrogens with zero attached hydrogens (tertiary/aromatic N) is 3. The highest BCUT2D eigenvalue weighted by Crippen LogP contribution is 2.31. The lowest BCUT2D eigenvalue weighted by molar-refractivity contribution is 0.300. The predicted octanol–water partition coefficient (Wildman–Crippen LogP) is 1.23. The first-order chi connectivity index (χ1) is 7.22. The van der Waals surface area contributed by atoms with Crippen LogP contribution in [0.3, 0.4) is 0 Å². The minimum Gasteiger partial charge on any atom is -0.395 e. The number of rotatable bonds is 4. The van der Waals surface area contributed by atoms with Crippen molar-refractivity contribution in [2.75, 3.05) is 18.1 Å². The number of aromatic nitrogens is 2. The molecule has 0 radical (unpaired) electrons. The van der Waals surface area contributed by atoms with Gasteiger partial charge in [-0.15, -0.1) is 0 Å². The summed E-state index contributed by atoms with van der Waals surface area (Å²) in [5, 5.41) is 8.92. The SMILES string of the molecule is OCCN(c1nc(Cl)ncc1F)C1CC1. The molecule has 1 aliphatic rings. The van der Waals surface area contributed by atoms with E-state index in [1.165, 1.54) is 0 Å². The summed E-state index contributed by atoms with van der Waals surface area (Å²) in [4.78, 5) is 9.14. The summed E-state index contributed by atoms with van der Waals surface area (Å²) in [5.74, 6) is -0.314. The molecule has 0 aromatic carbocycles. The molecule has 15 heavy (non-hydrogen) atoms. The normalized spacial score (nSPS) is 15.4. The molecule has 6 heteroatoms. The predicted molar refractivity (Wildman–Crippen MR) is 54.5 cm³/mol. The van der Waals surface area contributed by atoms with Crippen LogP contribution in [0.15, 0.2) is 6.20 Å². The van der Waals surface area contributed by atoms with Crippen LogP contribution in [0, 0.1) is 5.82 Å². The molecule has 1 fully saturated rings. The fourth-order valence-corrected chi connectivity index (χ4v) is 1.62. The van der Waals surface area contributed by atoms with Crippen molar-refractivity contribution in [2.24, 2.45) is 0 Å². The number of hydrogen-bond donors (Lipinski definition) is 1. The van der Waals surface area contributed by atoms with Crippen LogP contribution in [-0.4, -0.2) is 34.3 Å². The summed E-state index contributed by atoms with van der Waals surface area (Å²) in [5.41, 5.74) is 0. The topological polar surface area (TPSA) is 49.2 Å². The molecule has 1 aromatic heterocycles. The van der Waals surface area contributed by atoms with Gasteiger partial charge in [0, 0.05) is 12.6 Å². The van der Waals surface area contributed by atoms with Gasteiger partial charge in [-0.2, -0.15) is 4.98 Å². The number of halogens is 2. The molecule has 82 valence electrons. The van der Waals surface area contributed by atoms with Crippen LogP contribution in [0.1, 0.15) is 12.8 Å². The van der Waals surface area contributed by atoms with E-state index in [2.05, 4.69) is 9.97 Å². The van der Waals surface area contributed by atoms with Crippen molar-refractivity contribution in [1.82, 2.24) is 9.97 Å². The molecule has 1 N–H and O–H groups in total. The third kappa shape index (κ3) is 2.35. The number of aliphatic hydroxyl groups is 1. The van der Waals surface area contributed by atoms with Crippen LogP contribution in [-0.2, 0) is 0 Å². The van der Waals surface area contributed by atoms with E-state index >= 15 is 0 Å². The minimum atomic E-state index is -0.500. The first-order valence-corrected chi connectivity index (χ1v) is 5.15. The van der Waals surface area contributed by atoms with Gasteiger partial charge in [-0.05, 0) is 24.4 Å². The maximum atomic E-state index is 13.4. The number of anilines is 1. The molecule has 0 aliphatic heterocycles. The highest BCUT2D eigenvalue weighted by atomic mass is 35.5. The minimum absolute atomic E-state index is 0.0231.